The van der Waals surface area contributed by atoms with E-state index in [4.69, 9.17) is 9.72 Å². The molecule has 0 unspecified atom stereocenters. The topological polar surface area (TPSA) is 45.7 Å². The van der Waals surface area contributed by atoms with E-state index in [-0.39, 0.29) is 5.91 Å². The number of para-hydroxylation sites is 1. The van der Waals surface area contributed by atoms with Gasteiger partial charge in [0.25, 0.3) is 5.91 Å². The number of rotatable bonds is 4. The first-order valence-corrected chi connectivity index (χ1v) is 11.6. The SMILES string of the molecule is Cc1cc2nc(N3CCN(C(=O)c4ccc(Oc5ccccc5)cc4)CC3)sc2cc1C. The number of hydrogen-bond donors (Lipinski definition) is 0. The number of aryl methyl sites for hydroxylation is 2. The van der Waals surface area contributed by atoms with E-state index >= 15 is 0 Å². The molecule has 0 aliphatic carbocycles. The van der Waals surface area contributed by atoms with E-state index in [1.165, 1.54) is 15.8 Å². The third kappa shape index (κ3) is 4.18. The molecular weight excluding hydrogens is 418 g/mol. The highest BCUT2D eigenvalue weighted by atomic mass is 32.1. The van der Waals surface area contributed by atoms with Gasteiger partial charge in [-0.25, -0.2) is 4.98 Å². The average molecular weight is 444 g/mol. The maximum absolute atomic E-state index is 13.0. The number of piperazine rings is 1. The van der Waals surface area contributed by atoms with Crippen LogP contribution < -0.4 is 9.64 Å². The van der Waals surface area contributed by atoms with Crippen LogP contribution in [0.4, 0.5) is 5.13 Å². The van der Waals surface area contributed by atoms with Crippen LogP contribution in [0.1, 0.15) is 21.5 Å². The third-order valence-electron chi connectivity index (χ3n) is 5.91. The molecule has 4 aromatic rings. The van der Waals surface area contributed by atoms with Crippen molar-refractivity contribution >= 4 is 32.6 Å². The predicted molar refractivity (Wildman–Crippen MR) is 130 cm³/mol. The molecular formula is C26H25N3O2S. The summed E-state index contributed by atoms with van der Waals surface area (Å²) in [6.45, 7) is 7.22. The molecule has 0 saturated carbocycles. The predicted octanol–water partition coefficient (Wildman–Crippen LogP) is 5.67. The first-order valence-electron chi connectivity index (χ1n) is 10.8. The standard InChI is InChI=1S/C26H25N3O2S/c1-18-16-23-24(17-19(18)2)32-26(27-23)29-14-12-28(13-15-29)25(30)20-8-10-22(11-9-20)31-21-6-4-3-5-7-21/h3-11,16-17H,12-15H2,1-2H3. The van der Waals surface area contributed by atoms with Gasteiger partial charge < -0.3 is 14.5 Å². The molecule has 0 spiro atoms. The summed E-state index contributed by atoms with van der Waals surface area (Å²) >= 11 is 1.73. The Labute approximate surface area is 191 Å². The van der Waals surface area contributed by atoms with Crippen LogP contribution >= 0.6 is 11.3 Å². The minimum atomic E-state index is 0.0615. The fraction of sp³-hybridized carbons (Fsp3) is 0.231. The van der Waals surface area contributed by atoms with Crippen LogP contribution in [0.5, 0.6) is 11.5 Å². The van der Waals surface area contributed by atoms with Gasteiger partial charge in [-0.3, -0.25) is 4.79 Å². The Balaban J connectivity index is 1.22. The van der Waals surface area contributed by atoms with Gasteiger partial charge in [0.1, 0.15) is 11.5 Å². The Kier molecular flexibility index (Phi) is 5.53. The van der Waals surface area contributed by atoms with E-state index in [0.29, 0.717) is 18.7 Å². The summed E-state index contributed by atoms with van der Waals surface area (Å²) in [7, 11) is 0. The first-order chi connectivity index (χ1) is 15.6. The van der Waals surface area contributed by atoms with Gasteiger partial charge in [-0.1, -0.05) is 29.5 Å². The largest absolute Gasteiger partial charge is 0.457 e. The van der Waals surface area contributed by atoms with Gasteiger partial charge in [-0.05, 0) is 73.5 Å². The number of hydrogen-bond acceptors (Lipinski definition) is 5. The number of amides is 1. The average Bonchev–Trinajstić information content (AvgIpc) is 3.23. The van der Waals surface area contributed by atoms with Crippen molar-refractivity contribution in [3.63, 3.8) is 0 Å². The minimum Gasteiger partial charge on any atom is -0.457 e. The van der Waals surface area contributed by atoms with Crippen molar-refractivity contribution in [2.75, 3.05) is 31.1 Å². The summed E-state index contributed by atoms with van der Waals surface area (Å²) in [6.07, 6.45) is 0. The van der Waals surface area contributed by atoms with Crippen molar-refractivity contribution < 1.29 is 9.53 Å². The van der Waals surface area contributed by atoms with Crippen LogP contribution in [-0.2, 0) is 0 Å². The second-order valence-corrected chi connectivity index (χ2v) is 9.13. The van der Waals surface area contributed by atoms with Crippen molar-refractivity contribution in [1.82, 2.24) is 9.88 Å². The van der Waals surface area contributed by atoms with Gasteiger partial charge in [0.15, 0.2) is 5.13 Å². The van der Waals surface area contributed by atoms with Gasteiger partial charge in [-0.2, -0.15) is 0 Å². The Morgan fingerprint density at radius 2 is 1.53 bits per heavy atom. The van der Waals surface area contributed by atoms with Crippen LogP contribution in [0, 0.1) is 13.8 Å². The van der Waals surface area contributed by atoms with Crippen LogP contribution in [-0.4, -0.2) is 42.0 Å². The smallest absolute Gasteiger partial charge is 0.253 e. The normalized spacial score (nSPS) is 14.1. The molecule has 0 N–H and O–H groups in total. The Hall–Kier alpha value is -3.38. The molecule has 1 fully saturated rings. The fourth-order valence-electron chi connectivity index (χ4n) is 3.88. The number of nitrogens with zero attached hydrogens (tertiary/aromatic N) is 3. The van der Waals surface area contributed by atoms with E-state index in [0.717, 1.165) is 35.2 Å². The Morgan fingerprint density at radius 1 is 0.875 bits per heavy atom. The van der Waals surface area contributed by atoms with Crippen molar-refractivity contribution in [2.45, 2.75) is 13.8 Å². The lowest BCUT2D eigenvalue weighted by molar-refractivity contribution is 0.0747. The summed E-state index contributed by atoms with van der Waals surface area (Å²) in [5, 5.41) is 1.04. The molecule has 5 rings (SSSR count). The molecule has 1 amide bonds. The fourth-order valence-corrected chi connectivity index (χ4v) is 4.97. The Bertz CT molecular complexity index is 1200. The third-order valence-corrected chi connectivity index (χ3v) is 6.99. The zero-order valence-corrected chi connectivity index (χ0v) is 19.1. The molecule has 3 aromatic carbocycles. The van der Waals surface area contributed by atoms with Crippen molar-refractivity contribution in [1.29, 1.82) is 0 Å². The zero-order valence-electron chi connectivity index (χ0n) is 18.2. The number of thiazole rings is 1. The first kappa shape index (κ1) is 20.5. The van der Waals surface area contributed by atoms with Crippen LogP contribution in [0.3, 0.4) is 0 Å². The summed E-state index contributed by atoms with van der Waals surface area (Å²) in [4.78, 5) is 22.0. The molecule has 0 atom stereocenters. The van der Waals surface area contributed by atoms with Gasteiger partial charge in [0.05, 0.1) is 10.2 Å². The van der Waals surface area contributed by atoms with Crippen molar-refractivity contribution in [3.05, 3.63) is 83.4 Å². The lowest BCUT2D eigenvalue weighted by Crippen LogP contribution is -2.48. The summed E-state index contributed by atoms with van der Waals surface area (Å²) < 4.78 is 7.05. The van der Waals surface area contributed by atoms with E-state index in [1.54, 1.807) is 11.3 Å². The van der Waals surface area contributed by atoms with Crippen molar-refractivity contribution in [3.8, 4) is 11.5 Å². The molecule has 5 nitrogen and oxygen atoms in total. The van der Waals surface area contributed by atoms with Crippen LogP contribution in [0.15, 0.2) is 66.7 Å². The monoisotopic (exact) mass is 443 g/mol. The van der Waals surface area contributed by atoms with Gasteiger partial charge >= 0.3 is 0 Å². The molecule has 162 valence electrons. The number of fused-ring (bicyclic) bond motifs is 1. The molecule has 32 heavy (non-hydrogen) atoms. The van der Waals surface area contributed by atoms with E-state index in [2.05, 4.69) is 30.9 Å². The summed E-state index contributed by atoms with van der Waals surface area (Å²) in [6, 6.07) is 21.4. The number of carbonyl (C=O) groups is 1. The lowest BCUT2D eigenvalue weighted by atomic mass is 10.1. The number of ether oxygens (including phenoxy) is 1. The lowest BCUT2D eigenvalue weighted by Gasteiger charge is -2.34. The molecule has 1 aliphatic heterocycles. The zero-order chi connectivity index (χ0) is 22.1. The highest BCUT2D eigenvalue weighted by Gasteiger charge is 2.24. The van der Waals surface area contributed by atoms with Gasteiger partial charge in [0.2, 0.25) is 0 Å². The maximum Gasteiger partial charge on any atom is 0.253 e. The second kappa shape index (κ2) is 8.63. The summed E-state index contributed by atoms with van der Waals surface area (Å²) in [5.74, 6) is 1.56. The Morgan fingerprint density at radius 3 is 2.25 bits per heavy atom. The molecule has 2 heterocycles. The quantitative estimate of drug-likeness (QED) is 0.408. The molecule has 6 heteroatoms. The highest BCUT2D eigenvalue weighted by molar-refractivity contribution is 7.22. The molecule has 1 aromatic heterocycles. The van der Waals surface area contributed by atoms with Gasteiger partial charge in [0, 0.05) is 31.7 Å². The molecule has 0 radical (unpaired) electrons. The number of aromatic nitrogens is 1. The summed E-state index contributed by atoms with van der Waals surface area (Å²) in [5.41, 5.74) is 4.31. The number of carbonyl (C=O) groups excluding carboxylic acids is 1. The van der Waals surface area contributed by atoms with E-state index < -0.39 is 0 Å². The maximum atomic E-state index is 13.0. The highest BCUT2D eigenvalue weighted by Crippen LogP contribution is 2.31. The van der Waals surface area contributed by atoms with Crippen LogP contribution in [0.25, 0.3) is 10.2 Å². The minimum absolute atomic E-state index is 0.0615. The number of benzene rings is 3. The molecule has 1 aliphatic rings. The van der Waals surface area contributed by atoms with Gasteiger partial charge in [-0.15, -0.1) is 0 Å². The number of anilines is 1. The van der Waals surface area contributed by atoms with Crippen molar-refractivity contribution in [2.24, 2.45) is 0 Å². The van der Waals surface area contributed by atoms with Crippen LogP contribution in [0.2, 0.25) is 0 Å². The van der Waals surface area contributed by atoms with E-state index in [9.17, 15) is 4.79 Å². The molecule has 0 bridgehead atoms. The second-order valence-electron chi connectivity index (χ2n) is 8.12. The molecule has 1 saturated heterocycles. The van der Waals surface area contributed by atoms with E-state index in [1.807, 2.05) is 59.5 Å².